The van der Waals surface area contributed by atoms with Gasteiger partial charge in [0.1, 0.15) is 5.82 Å². The van der Waals surface area contributed by atoms with Gasteiger partial charge in [-0.25, -0.2) is 4.39 Å². The van der Waals surface area contributed by atoms with E-state index in [-0.39, 0.29) is 31.8 Å². The van der Waals surface area contributed by atoms with Crippen LogP contribution >= 0.6 is 0 Å². The van der Waals surface area contributed by atoms with E-state index in [0.29, 0.717) is 5.56 Å². The number of benzene rings is 1. The first-order chi connectivity index (χ1) is 9.90. The van der Waals surface area contributed by atoms with Gasteiger partial charge in [0.15, 0.2) is 0 Å². The van der Waals surface area contributed by atoms with E-state index in [1.54, 1.807) is 0 Å². The molecule has 0 saturated heterocycles. The Morgan fingerprint density at radius 1 is 1.19 bits per heavy atom. The van der Waals surface area contributed by atoms with Gasteiger partial charge in [-0.1, -0.05) is 0 Å². The number of hydrogen-bond acceptors (Lipinski definition) is 3. The van der Waals surface area contributed by atoms with Gasteiger partial charge in [0, 0.05) is 32.1 Å². The van der Waals surface area contributed by atoms with Gasteiger partial charge in [0.05, 0.1) is 6.42 Å². The molecule has 0 aliphatic rings. The Morgan fingerprint density at radius 3 is 2.38 bits per heavy atom. The molecule has 114 valence electrons. The zero-order chi connectivity index (χ0) is 15.8. The van der Waals surface area contributed by atoms with Gasteiger partial charge in [-0.2, -0.15) is 0 Å². The minimum Gasteiger partial charge on any atom is -0.481 e. The van der Waals surface area contributed by atoms with Crippen LogP contribution in [0.2, 0.25) is 0 Å². The summed E-state index contributed by atoms with van der Waals surface area (Å²) in [6.07, 6.45) is -0.0484. The lowest BCUT2D eigenvalue weighted by Gasteiger charge is -2.16. The lowest BCUT2D eigenvalue weighted by Crippen LogP contribution is -2.33. The Morgan fingerprint density at radius 2 is 1.81 bits per heavy atom. The maximum Gasteiger partial charge on any atom is 0.305 e. The second kappa shape index (κ2) is 7.98. The largest absolute Gasteiger partial charge is 0.481 e. The van der Waals surface area contributed by atoms with Crippen LogP contribution in [0.3, 0.4) is 0 Å². The molecule has 0 aromatic heterocycles. The summed E-state index contributed by atoms with van der Waals surface area (Å²) in [5.74, 6) is -2.05. The molecule has 0 aliphatic heterocycles. The van der Waals surface area contributed by atoms with Crippen molar-refractivity contribution in [1.29, 1.82) is 0 Å². The van der Waals surface area contributed by atoms with Gasteiger partial charge in [-0.15, -0.1) is 0 Å². The smallest absolute Gasteiger partial charge is 0.305 e. The number of carboxylic acid groups (broad SMARTS) is 1. The fourth-order valence-electron chi connectivity index (χ4n) is 1.57. The summed E-state index contributed by atoms with van der Waals surface area (Å²) in [5, 5.41) is 11.1. The van der Waals surface area contributed by atoms with Crippen LogP contribution in [0, 0.1) is 5.82 Å². The zero-order valence-electron chi connectivity index (χ0n) is 11.6. The molecule has 1 aromatic rings. The third kappa shape index (κ3) is 6.03. The van der Waals surface area contributed by atoms with Crippen molar-refractivity contribution in [3.8, 4) is 0 Å². The number of amides is 2. The third-order valence-corrected chi connectivity index (χ3v) is 2.82. The SMILES string of the molecule is CN(CCC(=O)O)C(=O)CCNC(=O)c1ccc(F)cc1. The Labute approximate surface area is 121 Å². The number of carbonyl (C=O) groups excluding carboxylic acids is 2. The van der Waals surface area contributed by atoms with E-state index in [4.69, 9.17) is 5.11 Å². The summed E-state index contributed by atoms with van der Waals surface area (Å²) < 4.78 is 12.7. The molecule has 0 radical (unpaired) electrons. The molecular formula is C14H17FN2O4. The predicted octanol–water partition coefficient (Wildman–Crippen LogP) is 0.879. The standard InChI is InChI=1S/C14H17FN2O4/c1-17(9-7-13(19)20)12(18)6-8-16-14(21)10-2-4-11(15)5-3-10/h2-5H,6-9H2,1H3,(H,16,21)(H,19,20). The van der Waals surface area contributed by atoms with Crippen LogP contribution in [0.15, 0.2) is 24.3 Å². The molecule has 6 nitrogen and oxygen atoms in total. The number of carboxylic acids is 1. The molecule has 2 N–H and O–H groups in total. The van der Waals surface area contributed by atoms with Crippen LogP contribution in [0.5, 0.6) is 0 Å². The maximum absolute atomic E-state index is 12.7. The van der Waals surface area contributed by atoms with Crippen molar-refractivity contribution in [1.82, 2.24) is 10.2 Å². The highest BCUT2D eigenvalue weighted by atomic mass is 19.1. The minimum absolute atomic E-state index is 0.0725. The first-order valence-corrected chi connectivity index (χ1v) is 6.39. The number of aliphatic carboxylic acids is 1. The molecule has 0 heterocycles. The van der Waals surface area contributed by atoms with Crippen molar-refractivity contribution < 1.29 is 23.9 Å². The molecule has 0 bridgehead atoms. The first kappa shape index (κ1) is 16.6. The molecular weight excluding hydrogens is 279 g/mol. The van der Waals surface area contributed by atoms with Crippen molar-refractivity contribution in [2.24, 2.45) is 0 Å². The highest BCUT2D eigenvalue weighted by Crippen LogP contribution is 2.02. The topological polar surface area (TPSA) is 86.7 Å². The fraction of sp³-hybridized carbons (Fsp3) is 0.357. The van der Waals surface area contributed by atoms with E-state index in [0.717, 1.165) is 0 Å². The van der Waals surface area contributed by atoms with E-state index >= 15 is 0 Å². The lowest BCUT2D eigenvalue weighted by molar-refractivity contribution is -0.138. The molecule has 1 rings (SSSR count). The number of nitrogens with one attached hydrogen (secondary N) is 1. The molecule has 0 fully saturated rings. The normalized spacial score (nSPS) is 10.0. The average molecular weight is 296 g/mol. The highest BCUT2D eigenvalue weighted by molar-refractivity contribution is 5.94. The Kier molecular flexibility index (Phi) is 6.32. The molecule has 0 atom stereocenters. The predicted molar refractivity (Wildman–Crippen MR) is 73.2 cm³/mol. The van der Waals surface area contributed by atoms with Gasteiger partial charge in [-0.3, -0.25) is 14.4 Å². The molecule has 1 aromatic carbocycles. The van der Waals surface area contributed by atoms with Crippen molar-refractivity contribution in [3.63, 3.8) is 0 Å². The number of carbonyl (C=O) groups is 3. The van der Waals surface area contributed by atoms with E-state index in [1.807, 2.05) is 0 Å². The Hall–Kier alpha value is -2.44. The molecule has 0 aliphatic carbocycles. The fourth-order valence-corrected chi connectivity index (χ4v) is 1.57. The number of halogens is 1. The van der Waals surface area contributed by atoms with Crippen molar-refractivity contribution in [2.75, 3.05) is 20.1 Å². The van der Waals surface area contributed by atoms with E-state index in [2.05, 4.69) is 5.32 Å². The molecule has 21 heavy (non-hydrogen) atoms. The molecule has 0 saturated carbocycles. The Balaban J connectivity index is 2.32. The summed E-state index contributed by atoms with van der Waals surface area (Å²) in [5.41, 5.74) is 0.308. The van der Waals surface area contributed by atoms with Crippen LogP contribution in [0.4, 0.5) is 4.39 Å². The average Bonchev–Trinajstić information content (AvgIpc) is 2.45. The second-order valence-corrected chi connectivity index (χ2v) is 4.47. The van der Waals surface area contributed by atoms with Crippen LogP contribution < -0.4 is 5.32 Å². The molecule has 0 spiro atoms. The lowest BCUT2D eigenvalue weighted by atomic mass is 10.2. The second-order valence-electron chi connectivity index (χ2n) is 4.47. The quantitative estimate of drug-likeness (QED) is 0.782. The summed E-state index contributed by atoms with van der Waals surface area (Å²) >= 11 is 0. The van der Waals surface area contributed by atoms with Gasteiger partial charge >= 0.3 is 5.97 Å². The highest BCUT2D eigenvalue weighted by Gasteiger charge is 2.11. The van der Waals surface area contributed by atoms with Crippen LogP contribution in [0.1, 0.15) is 23.2 Å². The van der Waals surface area contributed by atoms with Gasteiger partial charge < -0.3 is 15.3 Å². The van der Waals surface area contributed by atoms with Gasteiger partial charge in [0.2, 0.25) is 5.91 Å². The third-order valence-electron chi connectivity index (χ3n) is 2.82. The van der Waals surface area contributed by atoms with Crippen molar-refractivity contribution in [3.05, 3.63) is 35.6 Å². The summed E-state index contributed by atoms with van der Waals surface area (Å²) in [6, 6.07) is 5.07. The van der Waals surface area contributed by atoms with Crippen molar-refractivity contribution in [2.45, 2.75) is 12.8 Å². The van der Waals surface area contributed by atoms with E-state index in [9.17, 15) is 18.8 Å². The minimum atomic E-state index is -0.973. The molecule has 2 amide bonds. The van der Waals surface area contributed by atoms with Crippen LogP contribution in [-0.4, -0.2) is 47.9 Å². The summed E-state index contributed by atoms with van der Waals surface area (Å²) in [7, 11) is 1.51. The van der Waals surface area contributed by atoms with Crippen molar-refractivity contribution >= 4 is 17.8 Å². The monoisotopic (exact) mass is 296 g/mol. The first-order valence-electron chi connectivity index (χ1n) is 6.39. The maximum atomic E-state index is 12.7. The van der Waals surface area contributed by atoms with E-state index < -0.39 is 17.7 Å². The number of nitrogens with zero attached hydrogens (tertiary/aromatic N) is 1. The zero-order valence-corrected chi connectivity index (χ0v) is 11.6. The van der Waals surface area contributed by atoms with E-state index in [1.165, 1.54) is 36.2 Å². The van der Waals surface area contributed by atoms with Gasteiger partial charge in [0.25, 0.3) is 5.91 Å². The summed E-state index contributed by atoms with van der Waals surface area (Å²) in [4.78, 5) is 35.0. The van der Waals surface area contributed by atoms with Crippen LogP contribution in [0.25, 0.3) is 0 Å². The summed E-state index contributed by atoms with van der Waals surface area (Å²) in [6.45, 7) is 0.256. The Bertz CT molecular complexity index is 516. The van der Waals surface area contributed by atoms with Gasteiger partial charge in [-0.05, 0) is 24.3 Å². The van der Waals surface area contributed by atoms with Crippen LogP contribution in [-0.2, 0) is 9.59 Å². The number of rotatable bonds is 7. The molecule has 7 heteroatoms. The number of hydrogen-bond donors (Lipinski definition) is 2. The molecule has 0 unspecified atom stereocenters.